The number of hydrogen-bond acceptors (Lipinski definition) is 5. The van der Waals surface area contributed by atoms with Crippen molar-refractivity contribution in [3.05, 3.63) is 40.1 Å². The smallest absolute Gasteiger partial charge is 0.270 e. The van der Waals surface area contributed by atoms with Gasteiger partial charge in [-0.05, 0) is 12.1 Å². The minimum absolute atomic E-state index is 0.0171. The molecule has 1 N–H and O–H groups in total. The van der Waals surface area contributed by atoms with Gasteiger partial charge in [0.2, 0.25) is 0 Å². The number of methoxy groups -OCH3 is 1. The van der Waals surface area contributed by atoms with Gasteiger partial charge in [0.1, 0.15) is 6.61 Å². The van der Waals surface area contributed by atoms with Crippen LogP contribution in [0.25, 0.3) is 10.9 Å². The molecule has 0 fully saturated rings. The summed E-state index contributed by atoms with van der Waals surface area (Å²) < 4.78 is 6.81. The zero-order chi connectivity index (χ0) is 17.9. The minimum Gasteiger partial charge on any atom is -0.395 e. The van der Waals surface area contributed by atoms with E-state index in [9.17, 15) is 20.0 Å². The number of carbonyl (C=O) groups excluding carboxylic acids is 1. The van der Waals surface area contributed by atoms with Gasteiger partial charge in [0.05, 0.1) is 11.5 Å². The highest BCUT2D eigenvalue weighted by Gasteiger charge is 2.29. The van der Waals surface area contributed by atoms with Gasteiger partial charge in [0, 0.05) is 54.2 Å². The van der Waals surface area contributed by atoms with Crippen molar-refractivity contribution in [2.45, 2.75) is 32.2 Å². The summed E-state index contributed by atoms with van der Waals surface area (Å²) in [5.74, 6) is -0.0192. The molecule has 1 aromatic heterocycles. The number of hydrogen-bond donors (Lipinski definition) is 1. The Morgan fingerprint density at radius 2 is 2.08 bits per heavy atom. The van der Waals surface area contributed by atoms with Crippen LogP contribution in [0.15, 0.2) is 24.3 Å². The molecule has 7 heteroatoms. The van der Waals surface area contributed by atoms with E-state index in [0.29, 0.717) is 6.54 Å². The molecular formula is C17H22N2O5. The molecule has 1 aromatic carbocycles. The van der Waals surface area contributed by atoms with E-state index in [4.69, 9.17) is 4.74 Å². The number of nitro groups is 1. The summed E-state index contributed by atoms with van der Waals surface area (Å²) in [6, 6.07) is 6.50. The minimum atomic E-state index is -0.488. The SMILES string of the molecule is COCC(=O)CC(C)(C)c1cc2cc([N+](=O)[O-])ccc2n1CCO. The number of fused-ring (bicyclic) bond motifs is 1. The largest absolute Gasteiger partial charge is 0.395 e. The van der Waals surface area contributed by atoms with E-state index in [-0.39, 0.29) is 31.1 Å². The fraction of sp³-hybridized carbons (Fsp3) is 0.471. The number of aliphatic hydroxyl groups excluding tert-OH is 1. The van der Waals surface area contributed by atoms with Crippen LogP contribution in [0.1, 0.15) is 26.0 Å². The van der Waals surface area contributed by atoms with Crippen molar-refractivity contribution in [3.63, 3.8) is 0 Å². The van der Waals surface area contributed by atoms with Crippen molar-refractivity contribution in [2.75, 3.05) is 20.3 Å². The van der Waals surface area contributed by atoms with Gasteiger partial charge >= 0.3 is 0 Å². The zero-order valence-corrected chi connectivity index (χ0v) is 14.1. The summed E-state index contributed by atoms with van der Waals surface area (Å²) in [5.41, 5.74) is 1.19. The molecule has 24 heavy (non-hydrogen) atoms. The first-order valence-electron chi connectivity index (χ1n) is 7.70. The van der Waals surface area contributed by atoms with Crippen molar-refractivity contribution in [1.82, 2.24) is 4.57 Å². The van der Waals surface area contributed by atoms with Gasteiger partial charge in [-0.1, -0.05) is 13.8 Å². The Kier molecular flexibility index (Phi) is 5.36. The fourth-order valence-corrected chi connectivity index (χ4v) is 3.07. The molecule has 0 atom stereocenters. The van der Waals surface area contributed by atoms with Gasteiger partial charge < -0.3 is 14.4 Å². The lowest BCUT2D eigenvalue weighted by molar-refractivity contribution is -0.384. The maximum absolute atomic E-state index is 12.0. The number of carbonyl (C=O) groups is 1. The molecular weight excluding hydrogens is 312 g/mol. The summed E-state index contributed by atoms with van der Waals surface area (Å²) in [5, 5.41) is 21.1. The van der Waals surface area contributed by atoms with E-state index in [1.165, 1.54) is 19.2 Å². The molecule has 0 aliphatic rings. The predicted molar refractivity (Wildman–Crippen MR) is 90.2 cm³/mol. The average molecular weight is 334 g/mol. The van der Waals surface area contributed by atoms with E-state index >= 15 is 0 Å². The van der Waals surface area contributed by atoms with Crippen molar-refractivity contribution >= 4 is 22.4 Å². The second-order valence-corrected chi connectivity index (χ2v) is 6.44. The number of ketones is 1. The number of non-ortho nitro benzene ring substituents is 1. The maximum Gasteiger partial charge on any atom is 0.270 e. The fourth-order valence-electron chi connectivity index (χ4n) is 3.07. The highest BCUT2D eigenvalue weighted by atomic mass is 16.6. The Balaban J connectivity index is 2.52. The molecule has 0 amide bonds. The lowest BCUT2D eigenvalue weighted by Gasteiger charge is -2.26. The third-order valence-corrected chi connectivity index (χ3v) is 4.06. The first-order valence-corrected chi connectivity index (χ1v) is 7.70. The third kappa shape index (κ3) is 3.63. The molecule has 0 unspecified atom stereocenters. The van der Waals surface area contributed by atoms with E-state index in [2.05, 4.69) is 0 Å². The Morgan fingerprint density at radius 1 is 1.38 bits per heavy atom. The van der Waals surface area contributed by atoms with E-state index in [1.807, 2.05) is 24.5 Å². The Labute approximate surface area is 140 Å². The number of aliphatic hydroxyl groups is 1. The second-order valence-electron chi connectivity index (χ2n) is 6.44. The Morgan fingerprint density at radius 3 is 2.67 bits per heavy atom. The number of nitro benzene ring substituents is 1. The van der Waals surface area contributed by atoms with Gasteiger partial charge in [0.25, 0.3) is 5.69 Å². The highest BCUT2D eigenvalue weighted by molar-refractivity contribution is 5.85. The summed E-state index contributed by atoms with van der Waals surface area (Å²) in [6.07, 6.45) is 0.282. The quantitative estimate of drug-likeness (QED) is 0.591. The van der Waals surface area contributed by atoms with Crippen molar-refractivity contribution in [1.29, 1.82) is 0 Å². The van der Waals surface area contributed by atoms with Gasteiger partial charge in [-0.25, -0.2) is 0 Å². The number of Topliss-reactive ketones (excluding diaryl/α,β-unsaturated/α-hetero) is 1. The number of rotatable bonds is 8. The molecule has 130 valence electrons. The molecule has 0 radical (unpaired) electrons. The maximum atomic E-state index is 12.0. The molecule has 2 aromatic rings. The van der Waals surface area contributed by atoms with Gasteiger partial charge in [0.15, 0.2) is 5.78 Å². The normalized spacial score (nSPS) is 11.8. The second kappa shape index (κ2) is 7.11. The van der Waals surface area contributed by atoms with Crippen LogP contribution in [0.5, 0.6) is 0 Å². The summed E-state index contributed by atoms with van der Waals surface area (Å²) in [6.45, 7) is 4.23. The van der Waals surface area contributed by atoms with Crippen molar-refractivity contribution in [2.24, 2.45) is 0 Å². The lowest BCUT2D eigenvalue weighted by Crippen LogP contribution is -2.27. The topological polar surface area (TPSA) is 94.6 Å². The lowest BCUT2D eigenvalue weighted by atomic mass is 9.83. The van der Waals surface area contributed by atoms with E-state index < -0.39 is 10.3 Å². The number of nitrogens with zero attached hydrogens (tertiary/aromatic N) is 2. The van der Waals surface area contributed by atoms with Crippen LogP contribution >= 0.6 is 0 Å². The standard InChI is InChI=1S/C17H22N2O5/c1-17(2,10-14(21)11-24-3)16-9-12-8-13(19(22)23)4-5-15(12)18(16)6-7-20/h4-5,8-9,20H,6-7,10-11H2,1-3H3. The predicted octanol–water partition coefficient (Wildman–Crippen LogP) is 2.43. The first kappa shape index (κ1) is 18.1. The molecule has 0 saturated carbocycles. The summed E-state index contributed by atoms with van der Waals surface area (Å²) in [7, 11) is 1.48. The average Bonchev–Trinajstić information content (AvgIpc) is 2.86. The van der Waals surface area contributed by atoms with Crippen molar-refractivity contribution in [3.8, 4) is 0 Å². The van der Waals surface area contributed by atoms with Crippen LogP contribution in [0.2, 0.25) is 0 Å². The molecule has 0 saturated heterocycles. The van der Waals surface area contributed by atoms with Gasteiger partial charge in [-0.3, -0.25) is 14.9 Å². The van der Waals surface area contributed by atoms with Crippen LogP contribution in [0.3, 0.4) is 0 Å². The van der Waals surface area contributed by atoms with Crippen LogP contribution in [-0.4, -0.2) is 40.7 Å². The van der Waals surface area contributed by atoms with Crippen LogP contribution in [0.4, 0.5) is 5.69 Å². The van der Waals surface area contributed by atoms with Gasteiger partial charge in [-0.15, -0.1) is 0 Å². The monoisotopic (exact) mass is 334 g/mol. The first-order chi connectivity index (χ1) is 11.3. The van der Waals surface area contributed by atoms with E-state index in [0.717, 1.165) is 16.6 Å². The van der Waals surface area contributed by atoms with Crippen molar-refractivity contribution < 1.29 is 19.6 Å². The molecule has 1 heterocycles. The zero-order valence-electron chi connectivity index (χ0n) is 14.1. The Hall–Kier alpha value is -2.25. The number of aromatic nitrogens is 1. The van der Waals surface area contributed by atoms with Crippen LogP contribution < -0.4 is 0 Å². The summed E-state index contributed by atoms with van der Waals surface area (Å²) in [4.78, 5) is 22.5. The van der Waals surface area contributed by atoms with Crippen LogP contribution in [0, 0.1) is 10.1 Å². The Bertz CT molecular complexity index is 764. The molecule has 2 rings (SSSR count). The molecule has 0 aliphatic carbocycles. The van der Waals surface area contributed by atoms with Crippen LogP contribution in [-0.2, 0) is 21.5 Å². The molecule has 0 bridgehead atoms. The third-order valence-electron chi connectivity index (χ3n) is 4.06. The molecule has 0 aliphatic heterocycles. The van der Waals surface area contributed by atoms with Gasteiger partial charge in [-0.2, -0.15) is 0 Å². The summed E-state index contributed by atoms with van der Waals surface area (Å²) >= 11 is 0. The molecule has 0 spiro atoms. The number of benzene rings is 1. The van der Waals surface area contributed by atoms with E-state index in [1.54, 1.807) is 6.07 Å². The highest BCUT2D eigenvalue weighted by Crippen LogP contribution is 2.34. The number of ether oxygens (including phenoxy) is 1. The molecule has 7 nitrogen and oxygen atoms in total.